The summed E-state index contributed by atoms with van der Waals surface area (Å²) in [6.45, 7) is 5.56. The molecule has 0 saturated heterocycles. The maximum absolute atomic E-state index is 12.8. The monoisotopic (exact) mass is 541 g/mol. The number of benzene rings is 2. The average molecular weight is 541 g/mol. The van der Waals surface area contributed by atoms with Crippen LogP contribution in [0.4, 0.5) is 24.5 Å². The van der Waals surface area contributed by atoms with Gasteiger partial charge in [0.15, 0.2) is 0 Å². The summed E-state index contributed by atoms with van der Waals surface area (Å²) in [4.78, 5) is 12.2. The Kier molecular flexibility index (Phi) is 18.4. The van der Waals surface area contributed by atoms with Crippen molar-refractivity contribution >= 4 is 17.3 Å². The number of carbonyl (C=O) groups is 1. The Labute approximate surface area is 219 Å². The van der Waals surface area contributed by atoms with Gasteiger partial charge in [0.25, 0.3) is 0 Å². The topological polar surface area (TPSA) is 81.6 Å². The number of alkyl halides is 3. The van der Waals surface area contributed by atoms with Gasteiger partial charge in [-0.05, 0) is 50.1 Å². The van der Waals surface area contributed by atoms with Gasteiger partial charge in [-0.2, -0.15) is 13.2 Å². The molecule has 0 aliphatic heterocycles. The molecule has 179 valence electrons. The molecule has 0 saturated carbocycles. The molecule has 5 nitrogen and oxygen atoms in total. The molecule has 0 aliphatic carbocycles. The summed E-state index contributed by atoms with van der Waals surface area (Å²) in [6.07, 6.45) is 3.06. The van der Waals surface area contributed by atoms with E-state index in [1.54, 1.807) is 36.7 Å². The van der Waals surface area contributed by atoms with Gasteiger partial charge in [-0.15, -0.1) is 12.3 Å². The second-order valence-electron chi connectivity index (χ2n) is 6.80. The summed E-state index contributed by atoms with van der Waals surface area (Å²) in [7, 11) is 0. The zero-order valence-electron chi connectivity index (χ0n) is 19.1. The molecular weight excluding hydrogens is 510 g/mol. The van der Waals surface area contributed by atoms with Crippen LogP contribution in [-0.2, 0) is 43.7 Å². The number of amides is 1. The number of rotatable bonds is 7. The van der Waals surface area contributed by atoms with Gasteiger partial charge in [-0.3, -0.25) is 15.5 Å². The van der Waals surface area contributed by atoms with Crippen LogP contribution in [0.2, 0.25) is 0 Å². The number of phenols is 1. The zero-order valence-corrected chi connectivity index (χ0v) is 22.0. The number of hydrogen-bond donors (Lipinski definition) is 4. The van der Waals surface area contributed by atoms with Gasteiger partial charge in [-0.1, -0.05) is 44.9 Å². The predicted molar refractivity (Wildman–Crippen MR) is 121 cm³/mol. The number of carbonyl (C=O) groups excluding carboxylic acids is 1. The molecule has 0 heterocycles. The van der Waals surface area contributed by atoms with Gasteiger partial charge in [0, 0.05) is 44.3 Å². The fourth-order valence-corrected chi connectivity index (χ4v) is 2.70. The fourth-order valence-electron chi connectivity index (χ4n) is 2.70. The molecule has 0 aliphatic rings. The van der Waals surface area contributed by atoms with Crippen molar-refractivity contribution in [3.8, 4) is 18.1 Å². The standard InChI is InChI=1S/C15H21F3N2O2.C6H6O.C3H4.Y/c1-3-5-10(6-4-2)14(21)19-12-7-11(15(16,17)18)8-13(9-12)20-22;7-6-4-2-1-3-5-6;1-3-2;/h7-10,20,22H,3-6H2,1-2H3,(H,19,21);1-5,7H;1H,2H3;. The molecular formula is C24H31F3N2O3Y. The largest absolute Gasteiger partial charge is 0.508 e. The van der Waals surface area contributed by atoms with Gasteiger partial charge < -0.3 is 10.4 Å². The van der Waals surface area contributed by atoms with E-state index in [4.69, 9.17) is 10.3 Å². The Balaban J connectivity index is 0. The van der Waals surface area contributed by atoms with Gasteiger partial charge >= 0.3 is 6.18 Å². The minimum absolute atomic E-state index is 0. The Bertz CT molecular complexity index is 835. The van der Waals surface area contributed by atoms with E-state index in [0.29, 0.717) is 18.6 Å². The summed E-state index contributed by atoms with van der Waals surface area (Å²) >= 11 is 0. The third kappa shape index (κ3) is 14.6. The maximum Gasteiger partial charge on any atom is 0.416 e. The van der Waals surface area contributed by atoms with Crippen LogP contribution in [0.1, 0.15) is 52.0 Å². The maximum atomic E-state index is 12.8. The SMILES string of the molecule is C#CC.CCCC(CCC)C(=O)Nc1cc(NO)cc(C(F)(F)F)c1.Oc1ccccc1.[Y]. The number of para-hydroxylation sites is 1. The Morgan fingerprint density at radius 3 is 1.91 bits per heavy atom. The minimum Gasteiger partial charge on any atom is -0.508 e. The van der Waals surface area contributed by atoms with E-state index >= 15 is 0 Å². The number of phenolic OH excluding ortho intramolecular Hbond substituents is 1. The molecule has 2 aromatic carbocycles. The van der Waals surface area contributed by atoms with E-state index in [1.165, 1.54) is 6.07 Å². The van der Waals surface area contributed by atoms with Crippen LogP contribution in [0.15, 0.2) is 48.5 Å². The predicted octanol–water partition coefficient (Wildman–Crippen LogP) is 6.69. The molecule has 2 aromatic rings. The Morgan fingerprint density at radius 1 is 1.06 bits per heavy atom. The van der Waals surface area contributed by atoms with E-state index in [0.717, 1.165) is 25.0 Å². The molecule has 1 radical (unpaired) electrons. The number of nitrogens with one attached hydrogen (secondary N) is 2. The van der Waals surface area contributed by atoms with Crippen molar-refractivity contribution in [1.82, 2.24) is 0 Å². The van der Waals surface area contributed by atoms with Crippen molar-refractivity contribution in [2.24, 2.45) is 5.92 Å². The number of hydrogen-bond acceptors (Lipinski definition) is 4. The van der Waals surface area contributed by atoms with Gasteiger partial charge in [0.2, 0.25) is 5.91 Å². The van der Waals surface area contributed by atoms with Crippen LogP contribution in [0.5, 0.6) is 5.75 Å². The number of terminal acetylenes is 1. The summed E-state index contributed by atoms with van der Waals surface area (Å²) in [5.41, 5.74) is 0.617. The summed E-state index contributed by atoms with van der Waals surface area (Å²) < 4.78 is 38.4. The van der Waals surface area contributed by atoms with E-state index in [9.17, 15) is 18.0 Å². The first-order valence-corrected chi connectivity index (χ1v) is 10.2. The van der Waals surface area contributed by atoms with Crippen molar-refractivity contribution in [2.45, 2.75) is 52.6 Å². The van der Waals surface area contributed by atoms with Crippen LogP contribution >= 0.6 is 0 Å². The van der Waals surface area contributed by atoms with Crippen molar-refractivity contribution in [3.63, 3.8) is 0 Å². The van der Waals surface area contributed by atoms with Crippen LogP contribution in [0.3, 0.4) is 0 Å². The first-order valence-electron chi connectivity index (χ1n) is 10.2. The van der Waals surface area contributed by atoms with Crippen LogP contribution < -0.4 is 10.8 Å². The molecule has 2 rings (SSSR count). The van der Waals surface area contributed by atoms with Crippen LogP contribution in [-0.4, -0.2) is 16.2 Å². The smallest absolute Gasteiger partial charge is 0.416 e. The van der Waals surface area contributed by atoms with Crippen LogP contribution in [0, 0.1) is 18.3 Å². The van der Waals surface area contributed by atoms with Crippen molar-refractivity contribution in [1.29, 1.82) is 0 Å². The molecule has 0 unspecified atom stereocenters. The van der Waals surface area contributed by atoms with Crippen LogP contribution in [0.25, 0.3) is 0 Å². The van der Waals surface area contributed by atoms with E-state index < -0.39 is 11.7 Å². The summed E-state index contributed by atoms with van der Waals surface area (Å²) in [5, 5.41) is 20.0. The first-order chi connectivity index (χ1) is 15.1. The van der Waals surface area contributed by atoms with E-state index in [-0.39, 0.29) is 55.9 Å². The third-order valence-corrected chi connectivity index (χ3v) is 4.06. The van der Waals surface area contributed by atoms with Crippen molar-refractivity contribution < 1.29 is 61.0 Å². The normalized spacial score (nSPS) is 9.79. The minimum atomic E-state index is -4.56. The van der Waals surface area contributed by atoms with Crippen molar-refractivity contribution in [3.05, 3.63) is 54.1 Å². The molecule has 9 heteroatoms. The average Bonchev–Trinajstić information content (AvgIpc) is 2.74. The molecule has 4 N–H and O–H groups in total. The first kappa shape index (κ1) is 33.1. The second kappa shape index (κ2) is 18.4. The summed E-state index contributed by atoms with van der Waals surface area (Å²) in [5.74, 6) is 2.05. The number of aromatic hydroxyl groups is 1. The number of halogens is 3. The van der Waals surface area contributed by atoms with E-state index in [1.807, 2.05) is 19.9 Å². The third-order valence-electron chi connectivity index (χ3n) is 4.06. The zero-order chi connectivity index (χ0) is 24.6. The van der Waals surface area contributed by atoms with Gasteiger partial charge in [0.1, 0.15) is 5.75 Å². The Hall–Kier alpha value is -2.08. The van der Waals surface area contributed by atoms with E-state index in [2.05, 4.69) is 17.7 Å². The molecule has 33 heavy (non-hydrogen) atoms. The number of anilines is 2. The van der Waals surface area contributed by atoms with Gasteiger partial charge in [0.05, 0.1) is 11.3 Å². The molecule has 1 amide bonds. The van der Waals surface area contributed by atoms with Crippen molar-refractivity contribution in [2.75, 3.05) is 10.8 Å². The molecule has 0 atom stereocenters. The molecule has 0 aromatic heterocycles. The fraction of sp³-hybridized carbons (Fsp3) is 0.375. The van der Waals surface area contributed by atoms with Gasteiger partial charge in [-0.25, -0.2) is 0 Å². The molecule has 0 bridgehead atoms. The Morgan fingerprint density at radius 2 is 1.55 bits per heavy atom. The molecule has 0 fully saturated rings. The summed E-state index contributed by atoms with van der Waals surface area (Å²) in [6, 6.07) is 11.6. The quantitative estimate of drug-likeness (QED) is 0.233. The second-order valence-corrected chi connectivity index (χ2v) is 6.80. The molecule has 0 spiro atoms.